The number of benzene rings is 1. The number of carbonyl (C=O) groups is 1. The summed E-state index contributed by atoms with van der Waals surface area (Å²) in [6, 6.07) is 4.50. The van der Waals surface area contributed by atoms with Crippen molar-refractivity contribution in [3.05, 3.63) is 54.0 Å². The number of nitrogens with one attached hydrogen (secondary N) is 2. The van der Waals surface area contributed by atoms with E-state index in [1.54, 1.807) is 18.5 Å². The number of carbonyl (C=O) groups excluding carboxylic acids is 1. The van der Waals surface area contributed by atoms with Crippen LogP contribution in [0.15, 0.2) is 36.8 Å². The van der Waals surface area contributed by atoms with E-state index in [9.17, 15) is 9.18 Å². The standard InChI is InChI=1S/C15H15FN4O/c1-20-5-4-17-14(20)9-19-15(21)6-10-8-18-13-7-11(16)2-3-12(10)13/h2-5,7-8,18H,6,9H2,1H3,(H,19,21). The van der Waals surface area contributed by atoms with Crippen LogP contribution >= 0.6 is 0 Å². The molecule has 0 unspecified atom stereocenters. The number of H-pyrrole nitrogens is 1. The average molecular weight is 286 g/mol. The molecule has 5 nitrogen and oxygen atoms in total. The van der Waals surface area contributed by atoms with Crippen molar-refractivity contribution < 1.29 is 9.18 Å². The predicted molar refractivity (Wildman–Crippen MR) is 77.0 cm³/mol. The first-order chi connectivity index (χ1) is 10.1. The van der Waals surface area contributed by atoms with Gasteiger partial charge in [-0.25, -0.2) is 9.37 Å². The van der Waals surface area contributed by atoms with Crippen LogP contribution in [-0.2, 0) is 24.8 Å². The smallest absolute Gasteiger partial charge is 0.224 e. The summed E-state index contributed by atoms with van der Waals surface area (Å²) in [4.78, 5) is 19.1. The Hall–Kier alpha value is -2.63. The van der Waals surface area contributed by atoms with Crippen molar-refractivity contribution in [2.45, 2.75) is 13.0 Å². The Labute approximate surface area is 120 Å². The lowest BCUT2D eigenvalue weighted by atomic mass is 10.1. The molecule has 21 heavy (non-hydrogen) atoms. The molecule has 0 bridgehead atoms. The molecule has 0 saturated heterocycles. The van der Waals surface area contributed by atoms with Crippen molar-refractivity contribution in [3.8, 4) is 0 Å². The van der Waals surface area contributed by atoms with Crippen LogP contribution in [0.1, 0.15) is 11.4 Å². The minimum Gasteiger partial charge on any atom is -0.361 e. The maximum absolute atomic E-state index is 13.1. The molecule has 0 aliphatic rings. The summed E-state index contributed by atoms with van der Waals surface area (Å²) >= 11 is 0. The second-order valence-electron chi connectivity index (χ2n) is 4.91. The third kappa shape index (κ3) is 2.79. The lowest BCUT2D eigenvalue weighted by Crippen LogP contribution is -2.25. The van der Waals surface area contributed by atoms with E-state index < -0.39 is 0 Å². The van der Waals surface area contributed by atoms with Gasteiger partial charge in [-0.05, 0) is 23.8 Å². The van der Waals surface area contributed by atoms with Gasteiger partial charge in [0.2, 0.25) is 5.91 Å². The summed E-state index contributed by atoms with van der Waals surface area (Å²) in [5, 5.41) is 3.69. The molecule has 108 valence electrons. The molecule has 0 fully saturated rings. The number of amides is 1. The average Bonchev–Trinajstić information content (AvgIpc) is 3.03. The van der Waals surface area contributed by atoms with Crippen LogP contribution in [0.4, 0.5) is 4.39 Å². The molecule has 1 amide bonds. The maximum atomic E-state index is 13.1. The van der Waals surface area contributed by atoms with Gasteiger partial charge in [-0.2, -0.15) is 0 Å². The van der Waals surface area contributed by atoms with E-state index in [4.69, 9.17) is 0 Å². The minimum atomic E-state index is -0.296. The van der Waals surface area contributed by atoms with Gasteiger partial charge in [-0.15, -0.1) is 0 Å². The van der Waals surface area contributed by atoms with Gasteiger partial charge in [0.15, 0.2) is 0 Å². The van der Waals surface area contributed by atoms with Gasteiger partial charge < -0.3 is 14.9 Å². The molecule has 3 aromatic rings. The first-order valence-corrected chi connectivity index (χ1v) is 6.62. The number of fused-ring (bicyclic) bond motifs is 1. The molecule has 0 atom stereocenters. The normalized spacial score (nSPS) is 11.0. The Morgan fingerprint density at radius 1 is 1.48 bits per heavy atom. The van der Waals surface area contributed by atoms with Crippen LogP contribution in [-0.4, -0.2) is 20.4 Å². The van der Waals surface area contributed by atoms with Crippen LogP contribution in [0.3, 0.4) is 0 Å². The SMILES string of the molecule is Cn1ccnc1CNC(=O)Cc1c[nH]c2cc(F)ccc12. The molecule has 0 spiro atoms. The van der Waals surface area contributed by atoms with E-state index in [1.165, 1.54) is 12.1 Å². The highest BCUT2D eigenvalue weighted by Crippen LogP contribution is 2.19. The van der Waals surface area contributed by atoms with Gasteiger partial charge in [0.25, 0.3) is 0 Å². The maximum Gasteiger partial charge on any atom is 0.224 e. The predicted octanol–water partition coefficient (Wildman–Crippen LogP) is 1.90. The monoisotopic (exact) mass is 286 g/mol. The number of aromatic nitrogens is 3. The molecular formula is C15H15FN4O. The second kappa shape index (κ2) is 5.40. The Bertz CT molecular complexity index is 790. The summed E-state index contributed by atoms with van der Waals surface area (Å²) in [6.07, 6.45) is 5.51. The zero-order valence-corrected chi connectivity index (χ0v) is 11.6. The van der Waals surface area contributed by atoms with Crippen LogP contribution < -0.4 is 5.32 Å². The van der Waals surface area contributed by atoms with Crippen molar-refractivity contribution in [2.24, 2.45) is 7.05 Å². The Balaban J connectivity index is 1.67. The summed E-state index contributed by atoms with van der Waals surface area (Å²) in [5.74, 6) is 0.405. The van der Waals surface area contributed by atoms with Gasteiger partial charge in [0.05, 0.1) is 13.0 Å². The third-order valence-electron chi connectivity index (χ3n) is 3.45. The fourth-order valence-electron chi connectivity index (χ4n) is 2.28. The Kier molecular flexibility index (Phi) is 3.43. The number of imidazole rings is 1. The van der Waals surface area contributed by atoms with Gasteiger partial charge in [-0.3, -0.25) is 4.79 Å². The van der Waals surface area contributed by atoms with Gasteiger partial charge in [0, 0.05) is 36.5 Å². The van der Waals surface area contributed by atoms with E-state index in [0.29, 0.717) is 12.1 Å². The van der Waals surface area contributed by atoms with Crippen molar-refractivity contribution in [1.29, 1.82) is 0 Å². The molecule has 0 aliphatic carbocycles. The van der Waals surface area contributed by atoms with Gasteiger partial charge >= 0.3 is 0 Å². The first-order valence-electron chi connectivity index (χ1n) is 6.62. The minimum absolute atomic E-state index is 0.0942. The van der Waals surface area contributed by atoms with E-state index >= 15 is 0 Å². The molecular weight excluding hydrogens is 271 g/mol. The highest BCUT2D eigenvalue weighted by Gasteiger charge is 2.10. The second-order valence-corrected chi connectivity index (χ2v) is 4.91. The topological polar surface area (TPSA) is 62.7 Å². The van der Waals surface area contributed by atoms with Gasteiger partial charge in [0.1, 0.15) is 11.6 Å². The van der Waals surface area contributed by atoms with Crippen molar-refractivity contribution in [3.63, 3.8) is 0 Å². The molecule has 0 aliphatic heterocycles. The number of rotatable bonds is 4. The Morgan fingerprint density at radius 2 is 2.33 bits per heavy atom. The quantitative estimate of drug-likeness (QED) is 0.769. The van der Waals surface area contributed by atoms with Crippen molar-refractivity contribution in [1.82, 2.24) is 19.9 Å². The van der Waals surface area contributed by atoms with Crippen LogP contribution in [0.25, 0.3) is 10.9 Å². The molecule has 0 radical (unpaired) electrons. The number of aromatic amines is 1. The molecule has 2 aromatic heterocycles. The van der Waals surface area contributed by atoms with Crippen LogP contribution in [0.2, 0.25) is 0 Å². The number of hydrogen-bond acceptors (Lipinski definition) is 2. The van der Waals surface area contributed by atoms with Crippen LogP contribution in [0.5, 0.6) is 0 Å². The van der Waals surface area contributed by atoms with Gasteiger partial charge in [-0.1, -0.05) is 0 Å². The number of hydrogen-bond donors (Lipinski definition) is 2. The highest BCUT2D eigenvalue weighted by molar-refractivity contribution is 5.88. The zero-order valence-electron chi connectivity index (χ0n) is 11.6. The van der Waals surface area contributed by atoms with E-state index in [1.807, 2.05) is 17.8 Å². The fraction of sp³-hybridized carbons (Fsp3) is 0.200. The molecule has 0 saturated carbocycles. The third-order valence-corrected chi connectivity index (χ3v) is 3.45. The summed E-state index contributed by atoms with van der Waals surface area (Å²) in [5.41, 5.74) is 1.55. The summed E-state index contributed by atoms with van der Waals surface area (Å²) in [7, 11) is 1.88. The van der Waals surface area contributed by atoms with E-state index in [2.05, 4.69) is 15.3 Å². The van der Waals surface area contributed by atoms with Crippen molar-refractivity contribution in [2.75, 3.05) is 0 Å². The number of halogens is 1. The summed E-state index contributed by atoms with van der Waals surface area (Å²) < 4.78 is 15.0. The molecule has 3 rings (SSSR count). The lowest BCUT2D eigenvalue weighted by Gasteiger charge is -2.05. The zero-order chi connectivity index (χ0) is 14.8. The number of aryl methyl sites for hydroxylation is 1. The molecule has 1 aromatic carbocycles. The van der Waals surface area contributed by atoms with Crippen molar-refractivity contribution >= 4 is 16.8 Å². The largest absolute Gasteiger partial charge is 0.361 e. The summed E-state index contributed by atoms with van der Waals surface area (Å²) in [6.45, 7) is 0.388. The highest BCUT2D eigenvalue weighted by atomic mass is 19.1. The number of nitrogens with zero attached hydrogens (tertiary/aromatic N) is 2. The van der Waals surface area contributed by atoms with E-state index in [-0.39, 0.29) is 18.1 Å². The fourth-order valence-corrected chi connectivity index (χ4v) is 2.28. The molecule has 2 N–H and O–H groups in total. The lowest BCUT2D eigenvalue weighted by molar-refractivity contribution is -0.120. The Morgan fingerprint density at radius 3 is 3.10 bits per heavy atom. The first kappa shape index (κ1) is 13.4. The van der Waals surface area contributed by atoms with Crippen LogP contribution in [0, 0.1) is 5.82 Å². The molecule has 2 heterocycles. The van der Waals surface area contributed by atoms with E-state index in [0.717, 1.165) is 16.8 Å². The molecule has 6 heteroatoms.